The lowest BCUT2D eigenvalue weighted by Gasteiger charge is -2.34. The lowest BCUT2D eigenvalue weighted by Crippen LogP contribution is -2.44. The highest BCUT2D eigenvalue weighted by molar-refractivity contribution is 6.04. The second-order valence-electron chi connectivity index (χ2n) is 15.2. The zero-order chi connectivity index (χ0) is 39.6. The molecule has 298 valence electrons. The number of hydrogen-bond acceptors (Lipinski definition) is 6. The van der Waals surface area contributed by atoms with Crippen LogP contribution in [0.25, 0.3) is 0 Å². The van der Waals surface area contributed by atoms with Crippen LogP contribution in [0.3, 0.4) is 0 Å². The van der Waals surface area contributed by atoms with Gasteiger partial charge in [-0.1, -0.05) is 47.1 Å². The van der Waals surface area contributed by atoms with Gasteiger partial charge in [-0.2, -0.15) is 5.10 Å². The molecule has 13 heteroatoms. The Morgan fingerprint density at radius 1 is 1.21 bits per heavy atom. The number of hydrogen-bond donors (Lipinski definition) is 2. The third kappa shape index (κ3) is 11.1. The van der Waals surface area contributed by atoms with Crippen LogP contribution in [0, 0.1) is 23.2 Å². The number of ether oxygens (including phenoxy) is 1. The van der Waals surface area contributed by atoms with Gasteiger partial charge in [0.1, 0.15) is 18.0 Å². The summed E-state index contributed by atoms with van der Waals surface area (Å²) in [4.78, 5) is 36.3. The largest absolute Gasteiger partial charge is 0.380 e. The number of allylic oxidation sites excluding steroid dienone is 2. The number of nitrogens with one attached hydrogen (secondary N) is 2. The number of rotatable bonds is 14. The minimum Gasteiger partial charge on any atom is -0.380 e. The van der Waals surface area contributed by atoms with Gasteiger partial charge in [0.25, 0.3) is 5.92 Å². The SMILES string of the molecule is CC.CC(C)C(=O)c1ccnn1C.CCC(C)=C(C[C@H]1CCCNC1=O)/C(=N\c1ncc(C(C)CCC2(C(C)(F)CF)CC2)[nH]1)C1COCCC1(F)F. The van der Waals surface area contributed by atoms with Crippen LogP contribution in [0.5, 0.6) is 0 Å². The normalized spacial score (nSPS) is 23.0. The molecule has 4 heterocycles. The molecule has 1 aliphatic carbocycles. The molecule has 2 aromatic heterocycles. The first kappa shape index (κ1) is 44.0. The molecule has 9 nitrogen and oxygen atoms in total. The Bertz CT molecular complexity index is 1560. The van der Waals surface area contributed by atoms with Crippen molar-refractivity contribution in [2.45, 2.75) is 131 Å². The summed E-state index contributed by atoms with van der Waals surface area (Å²) < 4.78 is 65.8. The number of aliphatic imine (C=N–C) groups is 1. The number of amides is 1. The van der Waals surface area contributed by atoms with Gasteiger partial charge in [0, 0.05) is 49.2 Å². The fraction of sp³-hybridized carbons (Fsp3) is 0.725. The summed E-state index contributed by atoms with van der Waals surface area (Å²) in [5.41, 5.74) is 0.827. The fourth-order valence-electron chi connectivity index (χ4n) is 6.96. The second kappa shape index (κ2) is 19.3. The van der Waals surface area contributed by atoms with Gasteiger partial charge in [-0.3, -0.25) is 14.3 Å². The Labute approximate surface area is 313 Å². The van der Waals surface area contributed by atoms with E-state index >= 15 is 8.78 Å². The maximum absolute atomic E-state index is 15.3. The molecule has 0 aromatic carbocycles. The standard InChI is InChI=1S/C30H44F4N4O2.C8H12N2O.C2H6/c1-5-19(2)22(15-21-7-6-13-35-26(21)39)25(23-17-40-14-12-30(23,33)34)38-27-36-16-24(37-27)20(3)8-9-29(10-11-29)28(4,32)18-31;1-6(2)8(11)7-4-5-9-10(7)3;1-2/h16,20-21,23H,5-15,17-18H2,1-4H3,(H,35,39)(H,36,37);4-6H,1-3H3;1-2H3/b22-19?,38-25+;;/t20?,21-,23?,28?;;/m1../s1. The highest BCUT2D eigenvalue weighted by atomic mass is 19.3. The number of piperidine rings is 1. The summed E-state index contributed by atoms with van der Waals surface area (Å²) in [6.45, 7) is 14.4. The Kier molecular flexibility index (Phi) is 16.0. The molecule has 2 saturated heterocycles. The van der Waals surface area contributed by atoms with Crippen molar-refractivity contribution >= 4 is 23.4 Å². The summed E-state index contributed by atoms with van der Waals surface area (Å²) >= 11 is 0. The van der Waals surface area contributed by atoms with Gasteiger partial charge in [-0.05, 0) is 82.8 Å². The van der Waals surface area contributed by atoms with Crippen molar-refractivity contribution in [2.24, 2.45) is 35.2 Å². The van der Waals surface area contributed by atoms with Crippen molar-refractivity contribution in [3.8, 4) is 0 Å². The van der Waals surface area contributed by atoms with Crippen LogP contribution in [0.2, 0.25) is 0 Å². The fourth-order valence-corrected chi connectivity index (χ4v) is 6.96. The molecule has 3 aliphatic rings. The van der Waals surface area contributed by atoms with Gasteiger partial charge in [-0.25, -0.2) is 27.5 Å². The van der Waals surface area contributed by atoms with Crippen LogP contribution >= 0.6 is 0 Å². The Morgan fingerprint density at radius 2 is 1.91 bits per heavy atom. The number of H-pyrrole nitrogens is 1. The van der Waals surface area contributed by atoms with Crippen molar-refractivity contribution in [3.05, 3.63) is 41.0 Å². The molecular formula is C40H62F4N6O3. The predicted molar refractivity (Wildman–Crippen MR) is 201 cm³/mol. The number of aromatic amines is 1. The number of ketones is 1. The van der Waals surface area contributed by atoms with E-state index in [0.717, 1.165) is 17.7 Å². The molecule has 2 N–H and O–H groups in total. The average molecular weight is 751 g/mol. The Hall–Kier alpha value is -3.35. The molecule has 1 saturated carbocycles. The molecule has 0 spiro atoms. The molecule has 2 aromatic rings. The molecule has 0 bridgehead atoms. The number of carbonyl (C=O) groups excluding carboxylic acids is 2. The molecule has 2 aliphatic heterocycles. The van der Waals surface area contributed by atoms with Gasteiger partial charge in [0.05, 0.1) is 31.0 Å². The van der Waals surface area contributed by atoms with E-state index in [2.05, 4.69) is 20.4 Å². The van der Waals surface area contributed by atoms with E-state index in [4.69, 9.17) is 9.73 Å². The van der Waals surface area contributed by atoms with Crippen molar-refractivity contribution in [1.82, 2.24) is 25.1 Å². The number of imidazole rings is 1. The number of alkyl halides is 4. The van der Waals surface area contributed by atoms with Crippen molar-refractivity contribution in [2.75, 3.05) is 26.4 Å². The van der Waals surface area contributed by atoms with Crippen LogP contribution < -0.4 is 5.32 Å². The molecule has 53 heavy (non-hydrogen) atoms. The number of carbonyl (C=O) groups is 2. The van der Waals surface area contributed by atoms with E-state index in [1.165, 1.54) is 6.92 Å². The van der Waals surface area contributed by atoms with Gasteiger partial charge < -0.3 is 15.0 Å². The number of nitrogens with zero attached hydrogens (tertiary/aromatic N) is 4. The van der Waals surface area contributed by atoms with Crippen molar-refractivity contribution < 1.29 is 31.9 Å². The summed E-state index contributed by atoms with van der Waals surface area (Å²) in [7, 11) is 1.77. The Balaban J connectivity index is 0.000000494. The highest BCUT2D eigenvalue weighted by Crippen LogP contribution is 2.59. The van der Waals surface area contributed by atoms with Crippen LogP contribution in [-0.4, -0.2) is 75.2 Å². The maximum atomic E-state index is 15.3. The highest BCUT2D eigenvalue weighted by Gasteiger charge is 2.57. The number of halogens is 4. The van der Waals surface area contributed by atoms with E-state index in [1.54, 1.807) is 30.2 Å². The lowest BCUT2D eigenvalue weighted by molar-refractivity contribution is -0.126. The summed E-state index contributed by atoms with van der Waals surface area (Å²) in [5.74, 6) is -4.25. The maximum Gasteiger partial charge on any atom is 0.260 e. The van der Waals surface area contributed by atoms with Crippen molar-refractivity contribution in [1.29, 1.82) is 0 Å². The quantitative estimate of drug-likeness (QED) is 0.114. The predicted octanol–water partition coefficient (Wildman–Crippen LogP) is 9.44. The first-order valence-corrected chi connectivity index (χ1v) is 19.4. The number of aromatic nitrogens is 4. The number of aryl methyl sites for hydroxylation is 1. The molecule has 0 radical (unpaired) electrons. The zero-order valence-corrected chi connectivity index (χ0v) is 33.3. The van der Waals surface area contributed by atoms with E-state index in [1.807, 2.05) is 48.5 Å². The van der Waals surface area contributed by atoms with Crippen LogP contribution in [0.15, 0.2) is 34.6 Å². The minimum absolute atomic E-state index is 0.0160. The van der Waals surface area contributed by atoms with Crippen LogP contribution in [0.4, 0.5) is 23.5 Å². The second-order valence-corrected chi connectivity index (χ2v) is 15.2. The van der Waals surface area contributed by atoms with Crippen LogP contribution in [0.1, 0.15) is 135 Å². The number of Topliss-reactive ketones (excluding diaryl/α,β-unsaturated/α-hetero) is 1. The summed E-state index contributed by atoms with van der Waals surface area (Å²) in [5, 5.41) is 6.81. The van der Waals surface area contributed by atoms with E-state index in [-0.39, 0.29) is 54.3 Å². The van der Waals surface area contributed by atoms with Gasteiger partial charge in [0.2, 0.25) is 11.9 Å². The Morgan fingerprint density at radius 3 is 2.45 bits per heavy atom. The third-order valence-electron chi connectivity index (χ3n) is 11.1. The van der Waals surface area contributed by atoms with E-state index < -0.39 is 36.0 Å². The zero-order valence-electron chi connectivity index (χ0n) is 33.3. The molecular weight excluding hydrogens is 688 g/mol. The molecule has 5 rings (SSSR count). The first-order valence-electron chi connectivity index (χ1n) is 19.4. The van der Waals surface area contributed by atoms with Gasteiger partial charge in [-0.15, -0.1) is 0 Å². The molecule has 4 atom stereocenters. The smallest absolute Gasteiger partial charge is 0.260 e. The third-order valence-corrected chi connectivity index (χ3v) is 11.1. The van der Waals surface area contributed by atoms with E-state index in [9.17, 15) is 18.4 Å². The lowest BCUT2D eigenvalue weighted by atomic mass is 9.80. The summed E-state index contributed by atoms with van der Waals surface area (Å²) in [6.07, 6.45) is 7.96. The minimum atomic E-state index is -3.01. The topological polar surface area (TPSA) is 114 Å². The van der Waals surface area contributed by atoms with Gasteiger partial charge >= 0.3 is 0 Å². The van der Waals surface area contributed by atoms with Crippen molar-refractivity contribution in [3.63, 3.8) is 0 Å². The molecule has 1 amide bonds. The molecule has 3 unspecified atom stereocenters. The van der Waals surface area contributed by atoms with Crippen LogP contribution in [-0.2, 0) is 16.6 Å². The van der Waals surface area contributed by atoms with Gasteiger partial charge in [0.15, 0.2) is 5.78 Å². The summed E-state index contributed by atoms with van der Waals surface area (Å²) in [6, 6.07) is 1.74. The average Bonchev–Trinajstić information content (AvgIpc) is 3.61. The van der Waals surface area contributed by atoms with E-state index in [0.29, 0.717) is 62.8 Å². The monoisotopic (exact) mass is 750 g/mol. The molecule has 3 fully saturated rings. The first-order chi connectivity index (χ1) is 25.1.